The lowest BCUT2D eigenvalue weighted by Crippen LogP contribution is -2.14. The van der Waals surface area contributed by atoms with Crippen LogP contribution in [-0.2, 0) is 11.2 Å². The first kappa shape index (κ1) is 17.4. The highest BCUT2D eigenvalue weighted by Gasteiger charge is 2.12. The summed E-state index contributed by atoms with van der Waals surface area (Å²) in [6, 6.07) is 14.2. The predicted molar refractivity (Wildman–Crippen MR) is 101 cm³/mol. The number of nitrogens with zero attached hydrogens (tertiary/aromatic N) is 2. The van der Waals surface area contributed by atoms with Crippen molar-refractivity contribution in [2.75, 3.05) is 5.32 Å². The highest BCUT2D eigenvalue weighted by molar-refractivity contribution is 7.13. The monoisotopic (exact) mass is 387 g/mol. The number of aromatic nitrogens is 1. The van der Waals surface area contributed by atoms with Crippen LogP contribution in [-0.4, -0.2) is 10.9 Å². The van der Waals surface area contributed by atoms with E-state index >= 15 is 0 Å². The van der Waals surface area contributed by atoms with Crippen molar-refractivity contribution in [3.8, 4) is 16.6 Å². The van der Waals surface area contributed by atoms with Crippen LogP contribution in [0.2, 0.25) is 10.0 Å². The second kappa shape index (κ2) is 7.66. The van der Waals surface area contributed by atoms with E-state index in [-0.39, 0.29) is 12.3 Å². The van der Waals surface area contributed by atoms with Crippen LogP contribution in [0.4, 0.5) is 5.69 Å². The average Bonchev–Trinajstić information content (AvgIpc) is 3.03. The summed E-state index contributed by atoms with van der Waals surface area (Å²) in [5.41, 5.74) is 2.41. The summed E-state index contributed by atoms with van der Waals surface area (Å²) >= 11 is 13.6. The van der Waals surface area contributed by atoms with Gasteiger partial charge in [0.15, 0.2) is 0 Å². The number of anilines is 1. The molecule has 0 unspecified atom stereocenters. The number of nitrogens with one attached hydrogen (secondary N) is 1. The molecule has 1 aromatic heterocycles. The van der Waals surface area contributed by atoms with E-state index in [2.05, 4.69) is 10.3 Å². The van der Waals surface area contributed by atoms with Crippen molar-refractivity contribution in [2.45, 2.75) is 6.42 Å². The van der Waals surface area contributed by atoms with E-state index in [4.69, 9.17) is 28.5 Å². The number of thiazole rings is 1. The zero-order valence-corrected chi connectivity index (χ0v) is 15.1. The van der Waals surface area contributed by atoms with Gasteiger partial charge in [-0.05, 0) is 24.3 Å². The Balaban J connectivity index is 1.69. The van der Waals surface area contributed by atoms with E-state index in [1.165, 1.54) is 11.3 Å². The molecule has 0 radical (unpaired) electrons. The maximum absolute atomic E-state index is 12.2. The number of amides is 1. The highest BCUT2D eigenvalue weighted by atomic mass is 35.5. The summed E-state index contributed by atoms with van der Waals surface area (Å²) in [7, 11) is 0. The van der Waals surface area contributed by atoms with Gasteiger partial charge in [0.05, 0.1) is 27.7 Å². The first-order valence-electron chi connectivity index (χ1n) is 7.25. The molecule has 0 aliphatic carbocycles. The van der Waals surface area contributed by atoms with Gasteiger partial charge in [-0.25, -0.2) is 4.98 Å². The average molecular weight is 388 g/mol. The standard InChI is InChI=1S/C18H11Cl2N3OS/c19-15-4-2-1-3-14(15)18-23-13(10-25-18)8-17(24)22-12-6-5-11(9-21)16(20)7-12/h1-7,10H,8H2,(H,22,24). The first-order valence-corrected chi connectivity index (χ1v) is 8.89. The lowest BCUT2D eigenvalue weighted by molar-refractivity contribution is -0.115. The second-order valence-corrected chi connectivity index (χ2v) is 6.83. The van der Waals surface area contributed by atoms with Crippen LogP contribution in [0.25, 0.3) is 10.6 Å². The third-order valence-corrected chi connectivity index (χ3v) is 4.94. The van der Waals surface area contributed by atoms with Crippen molar-refractivity contribution in [1.82, 2.24) is 4.98 Å². The van der Waals surface area contributed by atoms with Crippen molar-refractivity contribution < 1.29 is 4.79 Å². The third-order valence-electron chi connectivity index (χ3n) is 3.37. The van der Waals surface area contributed by atoms with E-state index in [9.17, 15) is 4.79 Å². The molecular formula is C18H11Cl2N3OS. The molecule has 3 aromatic rings. The Morgan fingerprint density at radius 1 is 1.20 bits per heavy atom. The van der Waals surface area contributed by atoms with Gasteiger partial charge in [-0.1, -0.05) is 41.4 Å². The summed E-state index contributed by atoms with van der Waals surface area (Å²) in [4.78, 5) is 16.7. The zero-order chi connectivity index (χ0) is 17.8. The lowest BCUT2D eigenvalue weighted by atomic mass is 10.2. The number of hydrogen-bond acceptors (Lipinski definition) is 4. The van der Waals surface area contributed by atoms with Crippen LogP contribution >= 0.6 is 34.5 Å². The minimum absolute atomic E-state index is 0.137. The molecule has 0 bridgehead atoms. The molecule has 0 atom stereocenters. The molecule has 0 spiro atoms. The molecule has 0 fully saturated rings. The Kier molecular flexibility index (Phi) is 5.34. The van der Waals surface area contributed by atoms with Crippen LogP contribution in [0.5, 0.6) is 0 Å². The van der Waals surface area contributed by atoms with Crippen LogP contribution < -0.4 is 5.32 Å². The quantitative estimate of drug-likeness (QED) is 0.671. The van der Waals surface area contributed by atoms with Crippen LogP contribution in [0.1, 0.15) is 11.3 Å². The minimum Gasteiger partial charge on any atom is -0.326 e. The zero-order valence-electron chi connectivity index (χ0n) is 12.8. The summed E-state index contributed by atoms with van der Waals surface area (Å²) in [5.74, 6) is -0.211. The molecule has 2 aromatic carbocycles. The summed E-state index contributed by atoms with van der Waals surface area (Å²) in [6.45, 7) is 0. The maximum atomic E-state index is 12.2. The molecular weight excluding hydrogens is 377 g/mol. The smallest absolute Gasteiger partial charge is 0.230 e. The summed E-state index contributed by atoms with van der Waals surface area (Å²) in [6.07, 6.45) is 0.137. The van der Waals surface area contributed by atoms with Crippen molar-refractivity contribution >= 4 is 46.1 Å². The summed E-state index contributed by atoms with van der Waals surface area (Å²) in [5, 5.41) is 15.1. The molecule has 1 amide bonds. The predicted octanol–water partition coefficient (Wildman–Crippen LogP) is 5.17. The minimum atomic E-state index is -0.211. The van der Waals surface area contributed by atoms with E-state index in [0.717, 1.165) is 10.6 Å². The van der Waals surface area contributed by atoms with Crippen LogP contribution in [0.3, 0.4) is 0 Å². The van der Waals surface area contributed by atoms with Gasteiger partial charge in [0, 0.05) is 16.6 Å². The Morgan fingerprint density at radius 2 is 2.00 bits per heavy atom. The van der Waals surface area contributed by atoms with Crippen molar-refractivity contribution in [3.05, 3.63) is 69.1 Å². The molecule has 4 nitrogen and oxygen atoms in total. The van der Waals surface area contributed by atoms with Gasteiger partial charge in [-0.3, -0.25) is 4.79 Å². The lowest BCUT2D eigenvalue weighted by Gasteiger charge is -2.05. The maximum Gasteiger partial charge on any atom is 0.230 e. The van der Waals surface area contributed by atoms with Gasteiger partial charge in [-0.2, -0.15) is 5.26 Å². The summed E-state index contributed by atoms with van der Waals surface area (Å²) < 4.78 is 0. The number of benzene rings is 2. The number of carbonyl (C=O) groups is 1. The fraction of sp³-hybridized carbons (Fsp3) is 0.0556. The van der Waals surface area contributed by atoms with Gasteiger partial charge in [0.2, 0.25) is 5.91 Å². The van der Waals surface area contributed by atoms with Gasteiger partial charge >= 0.3 is 0 Å². The molecule has 7 heteroatoms. The topological polar surface area (TPSA) is 65.8 Å². The molecule has 1 heterocycles. The molecule has 0 aliphatic heterocycles. The molecule has 0 saturated heterocycles. The fourth-order valence-electron chi connectivity index (χ4n) is 2.20. The van der Waals surface area contributed by atoms with E-state index in [0.29, 0.717) is 27.0 Å². The number of carbonyl (C=O) groups excluding carboxylic acids is 1. The Morgan fingerprint density at radius 3 is 2.72 bits per heavy atom. The number of nitriles is 1. The highest BCUT2D eigenvalue weighted by Crippen LogP contribution is 2.30. The van der Waals surface area contributed by atoms with Crippen LogP contribution in [0.15, 0.2) is 47.8 Å². The molecule has 25 heavy (non-hydrogen) atoms. The van der Waals surface area contributed by atoms with E-state index in [1.807, 2.05) is 29.6 Å². The molecule has 0 aliphatic rings. The van der Waals surface area contributed by atoms with Gasteiger partial charge in [0.1, 0.15) is 11.1 Å². The Labute approximate surface area is 158 Å². The first-order chi connectivity index (χ1) is 12.1. The van der Waals surface area contributed by atoms with Gasteiger partial charge in [-0.15, -0.1) is 11.3 Å². The Bertz CT molecular complexity index is 978. The van der Waals surface area contributed by atoms with Gasteiger partial charge < -0.3 is 5.32 Å². The second-order valence-electron chi connectivity index (χ2n) is 5.16. The van der Waals surface area contributed by atoms with Gasteiger partial charge in [0.25, 0.3) is 0 Å². The molecule has 1 N–H and O–H groups in total. The normalized spacial score (nSPS) is 10.3. The largest absolute Gasteiger partial charge is 0.326 e. The number of hydrogen-bond donors (Lipinski definition) is 1. The number of halogens is 2. The van der Waals surface area contributed by atoms with E-state index < -0.39 is 0 Å². The van der Waals surface area contributed by atoms with Crippen molar-refractivity contribution in [1.29, 1.82) is 5.26 Å². The number of rotatable bonds is 4. The Hall–Kier alpha value is -2.39. The van der Waals surface area contributed by atoms with Crippen LogP contribution in [0, 0.1) is 11.3 Å². The van der Waals surface area contributed by atoms with E-state index in [1.54, 1.807) is 24.3 Å². The molecule has 0 saturated carbocycles. The third kappa shape index (κ3) is 4.18. The SMILES string of the molecule is N#Cc1ccc(NC(=O)Cc2csc(-c3ccccc3Cl)n2)cc1Cl. The molecule has 124 valence electrons. The molecule has 3 rings (SSSR count). The van der Waals surface area contributed by atoms with Crippen molar-refractivity contribution in [3.63, 3.8) is 0 Å². The fourth-order valence-corrected chi connectivity index (χ4v) is 3.56. The van der Waals surface area contributed by atoms with Crippen molar-refractivity contribution in [2.24, 2.45) is 0 Å².